The summed E-state index contributed by atoms with van der Waals surface area (Å²) in [5.74, 6) is -0.106. The van der Waals surface area contributed by atoms with Gasteiger partial charge in [0.15, 0.2) is 0 Å². The fraction of sp³-hybridized carbons (Fsp3) is 0.429. The van der Waals surface area contributed by atoms with E-state index in [0.717, 1.165) is 19.3 Å². The number of hydrogen-bond acceptors (Lipinski definition) is 5. The van der Waals surface area contributed by atoms with Crippen molar-refractivity contribution in [2.45, 2.75) is 32.1 Å². The number of carbonyl (C=O) groups is 1. The van der Waals surface area contributed by atoms with Gasteiger partial charge in [-0.05, 0) is 49.6 Å². The first-order chi connectivity index (χ1) is 13.5. The molecule has 148 valence electrons. The summed E-state index contributed by atoms with van der Waals surface area (Å²) in [5.41, 5.74) is 0.648. The number of carbonyl (C=O) groups excluding carboxylic acids is 1. The lowest BCUT2D eigenvalue weighted by Gasteiger charge is -2.29. The van der Waals surface area contributed by atoms with E-state index in [1.165, 1.54) is 6.07 Å². The van der Waals surface area contributed by atoms with Gasteiger partial charge >= 0.3 is 5.63 Å². The molecule has 4 rings (SSSR count). The first kappa shape index (κ1) is 18.7. The summed E-state index contributed by atoms with van der Waals surface area (Å²) < 4.78 is 25.2. The summed E-state index contributed by atoms with van der Waals surface area (Å²) >= 11 is 0. The van der Waals surface area contributed by atoms with Gasteiger partial charge in [0.25, 0.3) is 5.91 Å². The fourth-order valence-electron chi connectivity index (χ4n) is 3.64. The summed E-state index contributed by atoms with van der Waals surface area (Å²) in [6.45, 7) is 4.08. The predicted octanol–water partition coefficient (Wildman–Crippen LogP) is 3.44. The molecular formula is C21H23FN2O4. The van der Waals surface area contributed by atoms with E-state index >= 15 is 0 Å². The predicted molar refractivity (Wildman–Crippen MR) is 104 cm³/mol. The number of amides is 1. The lowest BCUT2D eigenvalue weighted by molar-refractivity contribution is 0.102. The molecule has 28 heavy (non-hydrogen) atoms. The van der Waals surface area contributed by atoms with E-state index in [1.807, 2.05) is 4.90 Å². The standard InChI is InChI=1S/C21H23FN2O4/c1-13-11-18(14-3-2-4-14)28-21(26)19(13)20(25)23-15-5-6-17(16(22)12-15)24-7-9-27-10-8-24/h5-6,11-12,14H,2-4,7-10H2,1H3,(H,23,25). The van der Waals surface area contributed by atoms with Crippen LogP contribution >= 0.6 is 0 Å². The zero-order valence-electron chi connectivity index (χ0n) is 15.8. The third kappa shape index (κ3) is 3.67. The summed E-state index contributed by atoms with van der Waals surface area (Å²) in [7, 11) is 0. The second-order valence-electron chi connectivity index (χ2n) is 7.34. The Morgan fingerprint density at radius 2 is 1.96 bits per heavy atom. The number of halogens is 1. The van der Waals surface area contributed by atoms with Crippen LogP contribution in [0.2, 0.25) is 0 Å². The summed E-state index contributed by atoms with van der Waals surface area (Å²) in [6.07, 6.45) is 3.13. The first-order valence-corrected chi connectivity index (χ1v) is 9.61. The Kier molecular flexibility index (Phi) is 5.17. The van der Waals surface area contributed by atoms with E-state index in [2.05, 4.69) is 5.32 Å². The van der Waals surface area contributed by atoms with E-state index in [-0.39, 0.29) is 11.5 Å². The van der Waals surface area contributed by atoms with Gasteiger partial charge in [-0.3, -0.25) is 4.79 Å². The highest BCUT2D eigenvalue weighted by Crippen LogP contribution is 2.36. The maximum Gasteiger partial charge on any atom is 0.349 e. The minimum Gasteiger partial charge on any atom is -0.427 e. The maximum absolute atomic E-state index is 14.5. The van der Waals surface area contributed by atoms with E-state index < -0.39 is 17.3 Å². The van der Waals surface area contributed by atoms with Crippen LogP contribution < -0.4 is 15.8 Å². The molecule has 1 amide bonds. The normalized spacial score (nSPS) is 17.3. The van der Waals surface area contributed by atoms with Crippen LogP contribution in [-0.4, -0.2) is 32.2 Å². The van der Waals surface area contributed by atoms with Crippen molar-refractivity contribution in [1.29, 1.82) is 0 Å². The van der Waals surface area contributed by atoms with E-state index in [0.29, 0.717) is 49.0 Å². The van der Waals surface area contributed by atoms with Crippen molar-refractivity contribution in [3.63, 3.8) is 0 Å². The Labute approximate surface area is 162 Å². The van der Waals surface area contributed by atoms with Crippen LogP contribution in [0.4, 0.5) is 15.8 Å². The van der Waals surface area contributed by atoms with Crippen LogP contribution in [0.5, 0.6) is 0 Å². The summed E-state index contributed by atoms with van der Waals surface area (Å²) in [4.78, 5) is 26.8. The average molecular weight is 386 g/mol. The third-order valence-corrected chi connectivity index (χ3v) is 5.46. The van der Waals surface area contributed by atoms with Crippen LogP contribution in [0, 0.1) is 12.7 Å². The molecular weight excluding hydrogens is 363 g/mol. The van der Waals surface area contributed by atoms with Crippen LogP contribution in [0.25, 0.3) is 0 Å². The molecule has 1 N–H and O–H groups in total. The SMILES string of the molecule is Cc1cc(C2CCC2)oc(=O)c1C(=O)Nc1ccc(N2CCOCC2)c(F)c1. The molecule has 2 fully saturated rings. The molecule has 7 heteroatoms. The van der Waals surface area contributed by atoms with Gasteiger partial charge in [-0.15, -0.1) is 0 Å². The van der Waals surface area contributed by atoms with Crippen LogP contribution in [0.3, 0.4) is 0 Å². The quantitative estimate of drug-likeness (QED) is 0.872. The van der Waals surface area contributed by atoms with Crippen molar-refractivity contribution >= 4 is 17.3 Å². The average Bonchev–Trinajstić information content (AvgIpc) is 2.60. The zero-order valence-corrected chi connectivity index (χ0v) is 15.8. The highest BCUT2D eigenvalue weighted by molar-refractivity contribution is 6.05. The minimum atomic E-state index is -0.648. The first-order valence-electron chi connectivity index (χ1n) is 9.61. The van der Waals surface area contributed by atoms with Crippen molar-refractivity contribution < 1.29 is 18.3 Å². The molecule has 2 aromatic rings. The molecule has 0 radical (unpaired) electrons. The minimum absolute atomic E-state index is 0.0410. The second kappa shape index (κ2) is 7.75. The van der Waals surface area contributed by atoms with Crippen LogP contribution in [0.1, 0.15) is 46.9 Å². The number of rotatable bonds is 4. The maximum atomic E-state index is 14.5. The molecule has 0 unspecified atom stereocenters. The van der Waals surface area contributed by atoms with E-state index in [4.69, 9.17) is 9.15 Å². The van der Waals surface area contributed by atoms with Crippen molar-refractivity contribution in [3.05, 3.63) is 57.4 Å². The molecule has 1 saturated heterocycles. The molecule has 1 aromatic carbocycles. The lowest BCUT2D eigenvalue weighted by Crippen LogP contribution is -2.36. The van der Waals surface area contributed by atoms with Crippen molar-refractivity contribution in [2.24, 2.45) is 0 Å². The molecule has 0 atom stereocenters. The van der Waals surface area contributed by atoms with Crippen molar-refractivity contribution in [3.8, 4) is 0 Å². The zero-order chi connectivity index (χ0) is 19.7. The Bertz CT molecular complexity index is 946. The van der Waals surface area contributed by atoms with E-state index in [1.54, 1.807) is 25.1 Å². The van der Waals surface area contributed by atoms with Gasteiger partial charge in [-0.1, -0.05) is 6.42 Å². The van der Waals surface area contributed by atoms with E-state index in [9.17, 15) is 14.0 Å². The molecule has 0 spiro atoms. The van der Waals surface area contributed by atoms with Gasteiger partial charge in [-0.2, -0.15) is 0 Å². The summed E-state index contributed by atoms with van der Waals surface area (Å²) in [6, 6.07) is 6.29. The molecule has 2 aliphatic rings. The van der Waals surface area contributed by atoms with Gasteiger partial charge in [0, 0.05) is 24.7 Å². The number of morpholine rings is 1. The van der Waals surface area contributed by atoms with Crippen molar-refractivity contribution in [1.82, 2.24) is 0 Å². The van der Waals surface area contributed by atoms with Crippen molar-refractivity contribution in [2.75, 3.05) is 36.5 Å². The number of ether oxygens (including phenoxy) is 1. The lowest BCUT2D eigenvalue weighted by atomic mass is 9.83. The second-order valence-corrected chi connectivity index (χ2v) is 7.34. The number of aryl methyl sites for hydroxylation is 1. The Balaban J connectivity index is 1.52. The Hall–Kier alpha value is -2.67. The smallest absolute Gasteiger partial charge is 0.349 e. The number of hydrogen-bond donors (Lipinski definition) is 1. The monoisotopic (exact) mass is 386 g/mol. The largest absolute Gasteiger partial charge is 0.427 e. The van der Waals surface area contributed by atoms with Gasteiger partial charge < -0.3 is 19.4 Å². The summed E-state index contributed by atoms with van der Waals surface area (Å²) in [5, 5.41) is 2.61. The molecule has 1 aliphatic carbocycles. The van der Waals surface area contributed by atoms with Crippen LogP contribution in [-0.2, 0) is 4.74 Å². The Morgan fingerprint density at radius 1 is 1.21 bits per heavy atom. The topological polar surface area (TPSA) is 71.8 Å². The van der Waals surface area contributed by atoms with Gasteiger partial charge in [0.05, 0.1) is 18.9 Å². The third-order valence-electron chi connectivity index (χ3n) is 5.46. The van der Waals surface area contributed by atoms with Crippen LogP contribution in [0.15, 0.2) is 33.5 Å². The van der Waals surface area contributed by atoms with Gasteiger partial charge in [0.2, 0.25) is 0 Å². The molecule has 6 nitrogen and oxygen atoms in total. The van der Waals surface area contributed by atoms with Gasteiger partial charge in [-0.25, -0.2) is 9.18 Å². The molecule has 1 saturated carbocycles. The highest BCUT2D eigenvalue weighted by Gasteiger charge is 2.25. The molecule has 1 aliphatic heterocycles. The number of anilines is 2. The number of nitrogens with zero attached hydrogens (tertiary/aromatic N) is 1. The van der Waals surface area contributed by atoms with Gasteiger partial charge in [0.1, 0.15) is 17.1 Å². The number of benzene rings is 1. The fourth-order valence-corrected chi connectivity index (χ4v) is 3.64. The highest BCUT2D eigenvalue weighted by atomic mass is 19.1. The Morgan fingerprint density at radius 3 is 2.57 bits per heavy atom. The molecule has 0 bridgehead atoms. The molecule has 2 heterocycles. The molecule has 1 aromatic heterocycles. The number of nitrogens with one attached hydrogen (secondary N) is 1.